The molecule has 1 heterocycles. The second-order valence-electron chi connectivity index (χ2n) is 3.96. The van der Waals surface area contributed by atoms with E-state index in [-0.39, 0.29) is 5.91 Å². The molecule has 1 aliphatic heterocycles. The van der Waals surface area contributed by atoms with Crippen LogP contribution in [0.4, 0.5) is 5.69 Å². The average Bonchev–Trinajstić information content (AvgIpc) is 2.92. The number of para-hydroxylation sites is 2. The number of nitrogens with zero attached hydrogens (tertiary/aromatic N) is 1. The molecule has 0 aliphatic carbocycles. The Balaban J connectivity index is 1.77. The minimum atomic E-state index is -0.0180. The minimum Gasteiger partial charge on any atom is -0.495 e. The van der Waals surface area contributed by atoms with Crippen LogP contribution < -0.4 is 15.4 Å². The normalized spacial score (nSPS) is 13.6. The van der Waals surface area contributed by atoms with Crippen LogP contribution in [0.3, 0.4) is 0 Å². The number of hydrogen-bond donors (Lipinski definition) is 2. The monoisotopic (exact) mass is 279 g/mol. The zero-order valence-corrected chi connectivity index (χ0v) is 11.6. The van der Waals surface area contributed by atoms with E-state index in [4.69, 9.17) is 4.74 Å². The smallest absolute Gasteiger partial charge is 0.225 e. The fourth-order valence-electron chi connectivity index (χ4n) is 1.67. The standard InChI is InChI=1S/C13H17N3O2S/c1-18-11-5-3-2-4-10(11)16-12(17)6-9-19-13-14-7-8-15-13/h2-5H,6-9H2,1H3,(H,14,15)(H,16,17). The van der Waals surface area contributed by atoms with Gasteiger partial charge >= 0.3 is 0 Å². The maximum Gasteiger partial charge on any atom is 0.225 e. The molecule has 1 amide bonds. The number of rotatable bonds is 5. The second-order valence-corrected chi connectivity index (χ2v) is 5.04. The lowest BCUT2D eigenvalue weighted by Gasteiger charge is -2.09. The highest BCUT2D eigenvalue weighted by Gasteiger charge is 2.09. The molecule has 0 saturated heterocycles. The zero-order valence-electron chi connectivity index (χ0n) is 10.8. The van der Waals surface area contributed by atoms with Crippen LogP contribution in [0.25, 0.3) is 0 Å². The van der Waals surface area contributed by atoms with Crippen molar-refractivity contribution in [2.45, 2.75) is 6.42 Å². The third-order valence-corrected chi connectivity index (χ3v) is 3.55. The van der Waals surface area contributed by atoms with Gasteiger partial charge in [0, 0.05) is 18.7 Å². The van der Waals surface area contributed by atoms with Gasteiger partial charge in [-0.2, -0.15) is 0 Å². The molecule has 2 rings (SSSR count). The van der Waals surface area contributed by atoms with Gasteiger partial charge in [-0.3, -0.25) is 9.79 Å². The van der Waals surface area contributed by atoms with Gasteiger partial charge in [0.05, 0.1) is 19.3 Å². The van der Waals surface area contributed by atoms with Gasteiger partial charge in [-0.25, -0.2) is 0 Å². The number of aliphatic imine (C=N–C) groups is 1. The highest BCUT2D eigenvalue weighted by atomic mass is 32.2. The molecule has 1 aliphatic rings. The van der Waals surface area contributed by atoms with Crippen molar-refractivity contribution in [3.8, 4) is 5.75 Å². The van der Waals surface area contributed by atoms with E-state index >= 15 is 0 Å². The van der Waals surface area contributed by atoms with E-state index < -0.39 is 0 Å². The molecule has 6 heteroatoms. The van der Waals surface area contributed by atoms with Crippen molar-refractivity contribution in [3.63, 3.8) is 0 Å². The lowest BCUT2D eigenvalue weighted by molar-refractivity contribution is -0.115. The first-order valence-electron chi connectivity index (χ1n) is 6.13. The quantitative estimate of drug-likeness (QED) is 0.861. The molecule has 2 N–H and O–H groups in total. The molecule has 19 heavy (non-hydrogen) atoms. The molecular formula is C13H17N3O2S. The summed E-state index contributed by atoms with van der Waals surface area (Å²) in [6.07, 6.45) is 0.448. The molecule has 5 nitrogen and oxygen atoms in total. The number of amidine groups is 1. The fraction of sp³-hybridized carbons (Fsp3) is 0.385. The molecule has 0 aromatic heterocycles. The van der Waals surface area contributed by atoms with E-state index in [1.165, 1.54) is 0 Å². The van der Waals surface area contributed by atoms with Crippen LogP contribution in [0.5, 0.6) is 5.75 Å². The number of anilines is 1. The van der Waals surface area contributed by atoms with Crippen molar-refractivity contribution in [2.75, 3.05) is 31.3 Å². The summed E-state index contributed by atoms with van der Waals surface area (Å²) in [6.45, 7) is 1.73. The van der Waals surface area contributed by atoms with Crippen LogP contribution in [0.1, 0.15) is 6.42 Å². The third kappa shape index (κ3) is 4.17. The van der Waals surface area contributed by atoms with E-state index in [0.717, 1.165) is 18.3 Å². The Bertz CT molecular complexity index is 477. The molecular weight excluding hydrogens is 262 g/mol. The molecule has 0 unspecified atom stereocenters. The van der Waals surface area contributed by atoms with Crippen molar-refractivity contribution in [3.05, 3.63) is 24.3 Å². The van der Waals surface area contributed by atoms with Crippen LogP contribution in [0.15, 0.2) is 29.3 Å². The number of ether oxygens (including phenoxy) is 1. The predicted octanol–water partition coefficient (Wildman–Crippen LogP) is 1.72. The Hall–Kier alpha value is -1.69. The van der Waals surface area contributed by atoms with Crippen molar-refractivity contribution in [2.24, 2.45) is 4.99 Å². The number of amides is 1. The minimum absolute atomic E-state index is 0.0180. The number of benzene rings is 1. The fourth-order valence-corrected chi connectivity index (χ4v) is 2.54. The van der Waals surface area contributed by atoms with Crippen molar-refractivity contribution < 1.29 is 9.53 Å². The second kappa shape index (κ2) is 7.04. The van der Waals surface area contributed by atoms with Gasteiger partial charge < -0.3 is 15.4 Å². The van der Waals surface area contributed by atoms with Gasteiger partial charge in [-0.15, -0.1) is 0 Å². The van der Waals surface area contributed by atoms with Crippen LogP contribution in [-0.4, -0.2) is 37.0 Å². The molecule has 1 aromatic rings. The Morgan fingerprint density at radius 1 is 1.53 bits per heavy atom. The molecule has 0 bridgehead atoms. The summed E-state index contributed by atoms with van der Waals surface area (Å²) in [6, 6.07) is 7.38. The van der Waals surface area contributed by atoms with Crippen LogP contribution >= 0.6 is 11.8 Å². The van der Waals surface area contributed by atoms with E-state index in [1.54, 1.807) is 18.9 Å². The number of thioether (sulfide) groups is 1. The first-order valence-corrected chi connectivity index (χ1v) is 7.12. The molecule has 1 aromatic carbocycles. The molecule has 0 saturated carbocycles. The van der Waals surface area contributed by atoms with Crippen molar-refractivity contribution in [1.82, 2.24) is 5.32 Å². The summed E-state index contributed by atoms with van der Waals surface area (Å²) in [7, 11) is 1.59. The predicted molar refractivity (Wildman–Crippen MR) is 79.0 cm³/mol. The zero-order chi connectivity index (χ0) is 13.5. The van der Waals surface area contributed by atoms with E-state index in [9.17, 15) is 4.79 Å². The first-order chi connectivity index (χ1) is 9.29. The van der Waals surface area contributed by atoms with Crippen LogP contribution in [0.2, 0.25) is 0 Å². The Kier molecular flexibility index (Phi) is 5.09. The average molecular weight is 279 g/mol. The Morgan fingerprint density at radius 3 is 3.11 bits per heavy atom. The first kappa shape index (κ1) is 13.7. The largest absolute Gasteiger partial charge is 0.495 e. The van der Waals surface area contributed by atoms with Gasteiger partial charge in [-0.05, 0) is 12.1 Å². The molecule has 0 spiro atoms. The lowest BCUT2D eigenvalue weighted by Crippen LogP contribution is -2.17. The number of carbonyl (C=O) groups excluding carboxylic acids is 1. The third-order valence-electron chi connectivity index (χ3n) is 2.59. The van der Waals surface area contributed by atoms with E-state index in [1.807, 2.05) is 24.3 Å². The highest BCUT2D eigenvalue weighted by molar-refractivity contribution is 8.13. The van der Waals surface area contributed by atoms with Crippen LogP contribution in [0, 0.1) is 0 Å². The number of hydrogen-bond acceptors (Lipinski definition) is 5. The molecule has 0 radical (unpaired) electrons. The highest BCUT2D eigenvalue weighted by Crippen LogP contribution is 2.23. The maximum atomic E-state index is 11.8. The maximum absolute atomic E-state index is 11.8. The van der Waals surface area contributed by atoms with Crippen molar-refractivity contribution >= 4 is 28.5 Å². The topological polar surface area (TPSA) is 62.7 Å². The number of carbonyl (C=O) groups is 1. The summed E-state index contributed by atoms with van der Waals surface area (Å²) < 4.78 is 5.18. The summed E-state index contributed by atoms with van der Waals surface area (Å²) in [5.74, 6) is 1.37. The van der Waals surface area contributed by atoms with Gasteiger partial charge in [0.1, 0.15) is 5.75 Å². The van der Waals surface area contributed by atoms with Crippen molar-refractivity contribution in [1.29, 1.82) is 0 Å². The van der Waals surface area contributed by atoms with Crippen LogP contribution in [-0.2, 0) is 4.79 Å². The van der Waals surface area contributed by atoms with E-state index in [2.05, 4.69) is 15.6 Å². The molecule has 0 atom stereocenters. The Morgan fingerprint density at radius 2 is 2.37 bits per heavy atom. The lowest BCUT2D eigenvalue weighted by atomic mass is 10.3. The Labute approximate surface area is 116 Å². The summed E-state index contributed by atoms with van der Waals surface area (Å²) in [5, 5.41) is 6.94. The van der Waals surface area contributed by atoms with Gasteiger partial charge in [-0.1, -0.05) is 23.9 Å². The summed E-state index contributed by atoms with van der Waals surface area (Å²) in [5.41, 5.74) is 0.705. The van der Waals surface area contributed by atoms with Gasteiger partial charge in [0.25, 0.3) is 0 Å². The molecule has 102 valence electrons. The number of methoxy groups -OCH3 is 1. The SMILES string of the molecule is COc1ccccc1NC(=O)CCSC1=NCCN1. The summed E-state index contributed by atoms with van der Waals surface area (Å²) >= 11 is 1.58. The van der Waals surface area contributed by atoms with E-state index in [0.29, 0.717) is 23.6 Å². The van der Waals surface area contributed by atoms with Gasteiger partial charge in [0.15, 0.2) is 5.17 Å². The summed E-state index contributed by atoms with van der Waals surface area (Å²) in [4.78, 5) is 16.1. The number of nitrogens with one attached hydrogen (secondary N) is 2. The van der Waals surface area contributed by atoms with Gasteiger partial charge in [0.2, 0.25) is 5.91 Å². The molecule has 0 fully saturated rings.